The Hall–Kier alpha value is -3.18. The van der Waals surface area contributed by atoms with E-state index in [1.165, 1.54) is 12.7 Å². The van der Waals surface area contributed by atoms with Gasteiger partial charge >= 0.3 is 5.97 Å². The summed E-state index contributed by atoms with van der Waals surface area (Å²) in [4.78, 5) is 14.6. The molecular weight excluding hydrogens is 451 g/mol. The van der Waals surface area contributed by atoms with Gasteiger partial charge in [0.25, 0.3) is 0 Å². The number of halogens is 1. The van der Waals surface area contributed by atoms with E-state index in [4.69, 9.17) is 4.74 Å². The van der Waals surface area contributed by atoms with Crippen LogP contribution in [0.15, 0.2) is 78.9 Å². The average Bonchev–Trinajstić information content (AvgIpc) is 2.88. The van der Waals surface area contributed by atoms with E-state index in [2.05, 4.69) is 46.6 Å². The third kappa shape index (κ3) is 6.94. The molecule has 1 aliphatic heterocycles. The van der Waals surface area contributed by atoms with Gasteiger partial charge in [-0.05, 0) is 75.4 Å². The first-order chi connectivity index (χ1) is 17.3. The zero-order valence-corrected chi connectivity index (χ0v) is 21.5. The van der Waals surface area contributed by atoms with Crippen LogP contribution >= 0.6 is 0 Å². The first-order valence-corrected chi connectivity index (χ1v) is 12.8. The standard InChI is InChI=1S/C31H37FN2O2/c1-31(2,32)22-34-18-16-25(17-19-34)28(20-23-10-6-4-7-11-23)33-29-21-26(30(35)36-3)14-15-27(29)24-12-8-5-9-13-24/h4-15,21,25,28,33H,16-20,22H2,1-3H3. The Balaban J connectivity index is 1.63. The van der Waals surface area contributed by atoms with E-state index in [9.17, 15) is 9.18 Å². The Morgan fingerprint density at radius 1 is 1.03 bits per heavy atom. The molecule has 1 atom stereocenters. The number of hydrogen-bond acceptors (Lipinski definition) is 4. The van der Waals surface area contributed by atoms with Gasteiger partial charge in [-0.1, -0.05) is 66.7 Å². The van der Waals surface area contributed by atoms with Crippen molar-refractivity contribution in [2.45, 2.75) is 44.8 Å². The maximum Gasteiger partial charge on any atom is 0.337 e. The zero-order chi connectivity index (χ0) is 25.5. The second kappa shape index (κ2) is 11.7. The zero-order valence-electron chi connectivity index (χ0n) is 21.5. The van der Waals surface area contributed by atoms with Crippen LogP contribution in [-0.2, 0) is 11.2 Å². The number of alkyl halides is 1. The van der Waals surface area contributed by atoms with Crippen molar-refractivity contribution in [2.75, 3.05) is 32.1 Å². The second-order valence-electron chi connectivity index (χ2n) is 10.4. The SMILES string of the molecule is COC(=O)c1ccc(-c2ccccc2)c(NC(Cc2ccccc2)C2CCN(CC(C)(C)F)CC2)c1. The number of ether oxygens (including phenoxy) is 1. The van der Waals surface area contributed by atoms with Crippen molar-refractivity contribution >= 4 is 11.7 Å². The number of rotatable bonds is 9. The number of carbonyl (C=O) groups excluding carboxylic acids is 1. The number of esters is 1. The van der Waals surface area contributed by atoms with Crippen LogP contribution < -0.4 is 5.32 Å². The van der Waals surface area contributed by atoms with Crippen molar-refractivity contribution in [3.05, 3.63) is 90.0 Å². The minimum Gasteiger partial charge on any atom is -0.465 e. The number of carbonyl (C=O) groups is 1. The average molecular weight is 489 g/mol. The molecule has 0 amide bonds. The molecule has 0 saturated carbocycles. The molecule has 3 aromatic rings. The highest BCUT2D eigenvalue weighted by atomic mass is 19.1. The summed E-state index contributed by atoms with van der Waals surface area (Å²) < 4.78 is 19.3. The summed E-state index contributed by atoms with van der Waals surface area (Å²) in [6.07, 6.45) is 2.87. The van der Waals surface area contributed by atoms with Crippen molar-refractivity contribution in [1.82, 2.24) is 4.90 Å². The van der Waals surface area contributed by atoms with Crippen molar-refractivity contribution in [3.8, 4) is 11.1 Å². The minimum absolute atomic E-state index is 0.170. The van der Waals surface area contributed by atoms with Gasteiger partial charge in [0.1, 0.15) is 5.67 Å². The van der Waals surface area contributed by atoms with Gasteiger partial charge in [-0.25, -0.2) is 9.18 Å². The molecule has 1 N–H and O–H groups in total. The first-order valence-electron chi connectivity index (χ1n) is 12.8. The molecule has 1 unspecified atom stereocenters. The predicted octanol–water partition coefficient (Wildman–Crippen LogP) is 6.62. The lowest BCUT2D eigenvalue weighted by molar-refractivity contribution is 0.0600. The highest BCUT2D eigenvalue weighted by molar-refractivity contribution is 5.93. The number of methoxy groups -OCH3 is 1. The van der Waals surface area contributed by atoms with Gasteiger partial charge in [-0.3, -0.25) is 0 Å². The minimum atomic E-state index is -1.19. The van der Waals surface area contributed by atoms with Crippen molar-refractivity contribution < 1.29 is 13.9 Å². The number of hydrogen-bond donors (Lipinski definition) is 1. The van der Waals surface area contributed by atoms with Crippen LogP contribution in [0.25, 0.3) is 11.1 Å². The Bertz CT molecular complexity index is 1120. The highest BCUT2D eigenvalue weighted by Gasteiger charge is 2.30. The van der Waals surface area contributed by atoms with E-state index in [1.54, 1.807) is 13.8 Å². The topological polar surface area (TPSA) is 41.6 Å². The molecular formula is C31H37FN2O2. The smallest absolute Gasteiger partial charge is 0.337 e. The summed E-state index contributed by atoms with van der Waals surface area (Å²) >= 11 is 0. The summed E-state index contributed by atoms with van der Waals surface area (Å²) in [6.45, 7) is 5.55. The van der Waals surface area contributed by atoms with Gasteiger partial charge in [0.05, 0.1) is 12.7 Å². The molecule has 1 fully saturated rings. The molecule has 0 spiro atoms. The summed E-state index contributed by atoms with van der Waals surface area (Å²) in [7, 11) is 1.41. The summed E-state index contributed by atoms with van der Waals surface area (Å²) in [5.74, 6) is 0.0778. The molecule has 0 aliphatic carbocycles. The summed E-state index contributed by atoms with van der Waals surface area (Å²) in [6, 6.07) is 26.6. The Labute approximate surface area is 214 Å². The molecule has 190 valence electrons. The van der Waals surface area contributed by atoms with Gasteiger partial charge in [0, 0.05) is 23.8 Å². The van der Waals surface area contributed by atoms with E-state index in [0.29, 0.717) is 18.0 Å². The quantitative estimate of drug-likeness (QED) is 0.344. The maximum atomic E-state index is 14.3. The highest BCUT2D eigenvalue weighted by Crippen LogP contribution is 2.33. The van der Waals surface area contributed by atoms with Crippen LogP contribution in [0.1, 0.15) is 42.6 Å². The van der Waals surface area contributed by atoms with Gasteiger partial charge in [-0.15, -0.1) is 0 Å². The van der Waals surface area contributed by atoms with Crippen LogP contribution in [0.2, 0.25) is 0 Å². The Morgan fingerprint density at radius 2 is 1.67 bits per heavy atom. The van der Waals surface area contributed by atoms with Crippen LogP contribution in [0.3, 0.4) is 0 Å². The number of likely N-dealkylation sites (tertiary alicyclic amines) is 1. The van der Waals surface area contributed by atoms with Gasteiger partial charge in [-0.2, -0.15) is 0 Å². The molecule has 0 bridgehead atoms. The Kier molecular flexibility index (Phi) is 8.42. The number of anilines is 1. The van der Waals surface area contributed by atoms with E-state index in [1.807, 2.05) is 42.5 Å². The molecule has 36 heavy (non-hydrogen) atoms. The molecule has 4 rings (SSSR count). The molecule has 5 heteroatoms. The number of piperidine rings is 1. The van der Waals surface area contributed by atoms with Crippen LogP contribution in [0.5, 0.6) is 0 Å². The maximum absolute atomic E-state index is 14.3. The largest absolute Gasteiger partial charge is 0.465 e. The van der Waals surface area contributed by atoms with Gasteiger partial charge in [0.2, 0.25) is 0 Å². The van der Waals surface area contributed by atoms with Crippen molar-refractivity contribution in [2.24, 2.45) is 5.92 Å². The fourth-order valence-corrected chi connectivity index (χ4v) is 5.23. The fourth-order valence-electron chi connectivity index (χ4n) is 5.23. The van der Waals surface area contributed by atoms with Gasteiger partial charge in [0.15, 0.2) is 0 Å². The van der Waals surface area contributed by atoms with E-state index in [0.717, 1.165) is 49.2 Å². The normalized spacial score (nSPS) is 15.9. The van der Waals surface area contributed by atoms with Crippen LogP contribution in [-0.4, -0.2) is 49.3 Å². The van der Waals surface area contributed by atoms with E-state index < -0.39 is 5.67 Å². The van der Waals surface area contributed by atoms with E-state index >= 15 is 0 Å². The first kappa shape index (κ1) is 25.9. The number of nitrogens with zero attached hydrogens (tertiary/aromatic N) is 1. The van der Waals surface area contributed by atoms with Crippen molar-refractivity contribution in [3.63, 3.8) is 0 Å². The van der Waals surface area contributed by atoms with E-state index in [-0.39, 0.29) is 12.0 Å². The number of nitrogens with one attached hydrogen (secondary N) is 1. The molecule has 3 aromatic carbocycles. The Morgan fingerprint density at radius 3 is 2.28 bits per heavy atom. The fraction of sp³-hybridized carbons (Fsp3) is 0.387. The summed E-state index contributed by atoms with van der Waals surface area (Å²) in [5.41, 5.74) is 3.68. The summed E-state index contributed by atoms with van der Waals surface area (Å²) in [5, 5.41) is 3.85. The van der Waals surface area contributed by atoms with Crippen LogP contribution in [0, 0.1) is 5.92 Å². The van der Waals surface area contributed by atoms with Gasteiger partial charge < -0.3 is 15.0 Å². The van der Waals surface area contributed by atoms with Crippen LogP contribution in [0.4, 0.5) is 10.1 Å². The molecule has 0 aromatic heterocycles. The third-order valence-electron chi connectivity index (χ3n) is 6.97. The monoisotopic (exact) mass is 488 g/mol. The molecule has 0 radical (unpaired) electrons. The number of benzene rings is 3. The lowest BCUT2D eigenvalue weighted by Crippen LogP contribution is -2.45. The predicted molar refractivity (Wildman–Crippen MR) is 145 cm³/mol. The second-order valence-corrected chi connectivity index (χ2v) is 10.4. The van der Waals surface area contributed by atoms with Crippen molar-refractivity contribution in [1.29, 1.82) is 0 Å². The lowest BCUT2D eigenvalue weighted by atomic mass is 9.85. The molecule has 1 aliphatic rings. The molecule has 4 nitrogen and oxygen atoms in total. The molecule has 1 heterocycles. The lowest BCUT2D eigenvalue weighted by Gasteiger charge is -2.38. The third-order valence-corrected chi connectivity index (χ3v) is 6.97. The molecule has 1 saturated heterocycles.